The summed E-state index contributed by atoms with van der Waals surface area (Å²) in [5.41, 5.74) is 9.44. The van der Waals surface area contributed by atoms with Crippen molar-refractivity contribution >= 4 is 81.6 Å². The average Bonchev–Trinajstić information content (AvgIpc) is 0.833. The Morgan fingerprint density at radius 1 is 0.500 bits per heavy atom. The minimum absolute atomic E-state index is 0.0343. The highest BCUT2D eigenvalue weighted by Gasteiger charge is 2.28. The number of fused-ring (bicyclic) bond motifs is 1. The molecule has 0 aliphatic rings. The zero-order chi connectivity index (χ0) is 68.0. The van der Waals surface area contributed by atoms with Gasteiger partial charge in [-0.2, -0.15) is 0 Å². The summed E-state index contributed by atoms with van der Waals surface area (Å²) in [5, 5.41) is 18.0. The van der Waals surface area contributed by atoms with Gasteiger partial charge < -0.3 is 65.2 Å². The van der Waals surface area contributed by atoms with E-state index in [-0.39, 0.29) is 85.2 Å². The molecule has 10 N–H and O–H groups in total. The summed E-state index contributed by atoms with van der Waals surface area (Å²) < 4.78 is 33.7. The molecular formula is C65H93N11O16. The molecule has 92 heavy (non-hydrogen) atoms. The molecule has 0 bridgehead atoms. The van der Waals surface area contributed by atoms with Crippen LogP contribution in [0.5, 0.6) is 23.0 Å². The van der Waals surface area contributed by atoms with Crippen LogP contribution in [0.3, 0.4) is 0 Å². The number of benzene rings is 4. The van der Waals surface area contributed by atoms with Gasteiger partial charge in [-0.1, -0.05) is 6.07 Å². The molecule has 0 saturated heterocycles. The fourth-order valence-corrected chi connectivity index (χ4v) is 9.04. The highest BCUT2D eigenvalue weighted by Crippen LogP contribution is 2.31. The summed E-state index contributed by atoms with van der Waals surface area (Å²) >= 11 is 0. The van der Waals surface area contributed by atoms with Crippen LogP contribution < -0.4 is 72.6 Å². The number of hydrogen-bond donors (Lipinski definition) is 10. The van der Waals surface area contributed by atoms with Crippen molar-refractivity contribution in [3.63, 3.8) is 0 Å². The number of methoxy groups -OCH3 is 2. The van der Waals surface area contributed by atoms with Gasteiger partial charge in [-0.15, -0.1) is 0 Å². The van der Waals surface area contributed by atoms with Crippen LogP contribution in [0, 0.1) is 0 Å². The molecule has 0 fully saturated rings. The molecule has 0 heterocycles. The number of rotatable bonds is 34. The lowest BCUT2D eigenvalue weighted by atomic mass is 10.0. The predicted molar refractivity (Wildman–Crippen MR) is 346 cm³/mol. The minimum Gasteiger partial charge on any atom is -0.496 e. The zero-order valence-corrected chi connectivity index (χ0v) is 55.0. The van der Waals surface area contributed by atoms with Gasteiger partial charge in [-0.25, -0.2) is 9.59 Å². The van der Waals surface area contributed by atoms with E-state index in [1.54, 1.807) is 53.7 Å². The van der Waals surface area contributed by atoms with Crippen LogP contribution in [0.1, 0.15) is 152 Å². The number of nitrogens with zero attached hydrogens (tertiary/aromatic N) is 1. The number of alkyl carbamates (subject to hydrolysis) is 2. The molecule has 2 atom stereocenters. The van der Waals surface area contributed by atoms with Crippen molar-refractivity contribution < 1.29 is 76.4 Å². The largest absolute Gasteiger partial charge is 0.496 e. The lowest BCUT2D eigenvalue weighted by molar-refractivity contribution is -0.124. The quantitative estimate of drug-likeness (QED) is 0.0168. The van der Waals surface area contributed by atoms with E-state index >= 15 is 0 Å². The molecule has 0 spiro atoms. The third kappa shape index (κ3) is 28.6. The lowest BCUT2D eigenvalue weighted by Gasteiger charge is -2.23. The molecule has 0 radical (unpaired) electrons. The van der Waals surface area contributed by atoms with Crippen LogP contribution in [0.2, 0.25) is 0 Å². The Morgan fingerprint density at radius 2 is 0.967 bits per heavy atom. The molecule has 0 aliphatic carbocycles. The van der Waals surface area contributed by atoms with Crippen LogP contribution >= 0.6 is 0 Å². The molecule has 4 aromatic carbocycles. The van der Waals surface area contributed by atoms with Crippen molar-refractivity contribution in [2.24, 2.45) is 0 Å². The van der Waals surface area contributed by atoms with Gasteiger partial charge in [0.1, 0.15) is 46.3 Å². The summed E-state index contributed by atoms with van der Waals surface area (Å²) in [4.78, 5) is 129. The molecule has 4 rings (SSSR count). The van der Waals surface area contributed by atoms with Crippen molar-refractivity contribution in [1.29, 1.82) is 0 Å². The number of ether oxygens (including phenoxy) is 6. The molecule has 10 amide bonds. The SMILES string of the molecule is COc1ccc(NC(C)=O)cc1C(=O)NNC(=O)[C@H](CCCCNC(=O)CCCOc1ccc2cc(CCCN(C)C)c(OCCCC(=O)NCCCC[C@H](NC(=O)OC(C)(C)C)C(=O)NNC(=O)c3cc(NC(C)=O)ccc3OC)cc2c1)NC(=O)OC(C)(C)C. The standard InChI is InChI=1S/C65H93N11O16/c1-41(77)68-46-26-29-53(87-11)49(39-46)58(81)72-74-60(83)51(70-62(85)91-64(3,4)5)21-13-15-31-66-56(79)23-18-34-89-48-28-25-43-36-44(20-17-33-76(9)10)55(38-45(43)37-48)90-35-19-24-57(80)67-32-16-14-22-52(71-63(86)92-65(6,7)8)61(84)75-73-59(82)50-40-47(69-42(2)78)27-30-54(50)88-12/h25-30,36-40,51-52H,13-24,31-35H2,1-12H3,(H,66,79)(H,67,80)(H,68,77)(H,69,78)(H,70,85)(H,71,86)(H,72,81)(H,73,82)(H,74,83)(H,75,84)/t51-,52-/m0/s1. The van der Waals surface area contributed by atoms with Gasteiger partial charge >= 0.3 is 12.2 Å². The van der Waals surface area contributed by atoms with Gasteiger partial charge in [0.05, 0.1) is 38.6 Å². The highest BCUT2D eigenvalue weighted by molar-refractivity contribution is 6.01. The minimum atomic E-state index is -1.11. The van der Waals surface area contributed by atoms with Crippen molar-refractivity contribution in [2.45, 2.75) is 156 Å². The first-order valence-corrected chi connectivity index (χ1v) is 30.6. The number of aryl methyl sites for hydroxylation is 1. The Morgan fingerprint density at radius 3 is 1.40 bits per heavy atom. The molecule has 4 aromatic rings. The van der Waals surface area contributed by atoms with Crippen LogP contribution in [0.15, 0.2) is 66.7 Å². The maximum Gasteiger partial charge on any atom is 0.408 e. The van der Waals surface area contributed by atoms with E-state index in [1.807, 2.05) is 38.4 Å². The fourth-order valence-electron chi connectivity index (χ4n) is 9.04. The zero-order valence-electron chi connectivity index (χ0n) is 55.0. The first kappa shape index (κ1) is 75.1. The van der Waals surface area contributed by atoms with Gasteiger partial charge in [0.25, 0.3) is 23.6 Å². The Kier molecular flexibility index (Phi) is 30.7. The Bertz CT molecular complexity index is 3180. The number of anilines is 2. The van der Waals surface area contributed by atoms with Gasteiger partial charge in [0.2, 0.25) is 23.6 Å². The number of hydrazine groups is 2. The van der Waals surface area contributed by atoms with Crippen LogP contribution in [0.25, 0.3) is 10.8 Å². The fraction of sp³-hybridized carbons (Fsp3) is 0.508. The van der Waals surface area contributed by atoms with Crippen molar-refractivity contribution in [2.75, 3.05) is 71.8 Å². The average molecular weight is 1280 g/mol. The van der Waals surface area contributed by atoms with E-state index in [0.717, 1.165) is 35.7 Å². The molecule has 0 unspecified atom stereocenters. The molecule has 27 nitrogen and oxygen atoms in total. The third-order valence-electron chi connectivity index (χ3n) is 13.3. The number of nitrogens with one attached hydrogen (secondary N) is 10. The second-order valence-corrected chi connectivity index (χ2v) is 23.9. The number of carbonyl (C=O) groups is 10. The maximum atomic E-state index is 13.4. The van der Waals surface area contributed by atoms with Gasteiger partial charge in [0.15, 0.2) is 0 Å². The van der Waals surface area contributed by atoms with E-state index in [0.29, 0.717) is 74.5 Å². The smallest absolute Gasteiger partial charge is 0.408 e. The van der Waals surface area contributed by atoms with Gasteiger partial charge in [-0.05, 0) is 203 Å². The number of amides is 10. The van der Waals surface area contributed by atoms with Crippen LogP contribution in [-0.2, 0) is 44.7 Å². The molecule has 0 aromatic heterocycles. The summed E-state index contributed by atoms with van der Waals surface area (Å²) in [6.45, 7) is 14.8. The van der Waals surface area contributed by atoms with E-state index in [9.17, 15) is 47.9 Å². The van der Waals surface area contributed by atoms with E-state index < -0.39 is 59.1 Å². The van der Waals surface area contributed by atoms with Gasteiger partial charge in [0, 0.05) is 51.2 Å². The van der Waals surface area contributed by atoms with E-state index in [1.165, 1.54) is 52.3 Å². The first-order chi connectivity index (χ1) is 43.5. The molecular weight excluding hydrogens is 1190 g/mol. The second kappa shape index (κ2) is 37.7. The summed E-state index contributed by atoms with van der Waals surface area (Å²) in [6.07, 6.45) is 3.29. The third-order valence-corrected chi connectivity index (χ3v) is 13.3. The predicted octanol–water partition coefficient (Wildman–Crippen LogP) is 6.87. The Hall–Kier alpha value is -9.40. The topological polar surface area (TPSA) is 350 Å². The van der Waals surface area contributed by atoms with Crippen molar-refractivity contribution in [3.05, 3.63) is 83.4 Å². The van der Waals surface area contributed by atoms with Crippen LogP contribution in [0.4, 0.5) is 21.0 Å². The number of unbranched alkanes of at least 4 members (excludes halogenated alkanes) is 2. The normalized spacial score (nSPS) is 11.8. The highest BCUT2D eigenvalue weighted by atomic mass is 16.6. The molecule has 504 valence electrons. The monoisotopic (exact) mass is 1280 g/mol. The van der Waals surface area contributed by atoms with Crippen LogP contribution in [-0.4, -0.2) is 149 Å². The number of hydrogen-bond acceptors (Lipinski definition) is 17. The summed E-state index contributed by atoms with van der Waals surface area (Å²) in [5.74, 6) is -2.28. The Labute approximate surface area is 537 Å². The van der Waals surface area contributed by atoms with E-state index in [2.05, 4.69) is 64.6 Å². The summed E-state index contributed by atoms with van der Waals surface area (Å²) in [7, 11) is 6.77. The molecule has 0 aliphatic heterocycles. The first-order valence-electron chi connectivity index (χ1n) is 30.6. The maximum absolute atomic E-state index is 13.4. The second-order valence-electron chi connectivity index (χ2n) is 23.9. The molecule has 0 saturated carbocycles. The van der Waals surface area contributed by atoms with Crippen molar-refractivity contribution in [3.8, 4) is 23.0 Å². The Balaban J connectivity index is 1.23. The van der Waals surface area contributed by atoms with Crippen molar-refractivity contribution in [1.82, 2.24) is 47.9 Å². The lowest BCUT2D eigenvalue weighted by Crippen LogP contribution is -2.53. The summed E-state index contributed by atoms with van der Waals surface area (Å²) in [6, 6.07) is 16.5. The van der Waals surface area contributed by atoms with E-state index in [4.69, 9.17) is 28.4 Å². The number of carbonyl (C=O) groups excluding carboxylic acids is 10. The van der Waals surface area contributed by atoms with Gasteiger partial charge in [-0.3, -0.25) is 60.1 Å². The molecule has 27 heteroatoms.